The summed E-state index contributed by atoms with van der Waals surface area (Å²) in [6, 6.07) is 13.6. The highest BCUT2D eigenvalue weighted by Crippen LogP contribution is 2.27. The van der Waals surface area contributed by atoms with Crippen LogP contribution in [0.15, 0.2) is 47.8 Å². The van der Waals surface area contributed by atoms with Crippen molar-refractivity contribution < 1.29 is 19.4 Å². The summed E-state index contributed by atoms with van der Waals surface area (Å²) >= 11 is 1.43. The van der Waals surface area contributed by atoms with Gasteiger partial charge >= 0.3 is 5.97 Å². The lowest BCUT2D eigenvalue weighted by Gasteiger charge is -2.10. The van der Waals surface area contributed by atoms with Crippen molar-refractivity contribution in [1.82, 2.24) is 4.98 Å². The predicted octanol–water partition coefficient (Wildman–Crippen LogP) is 4.51. The van der Waals surface area contributed by atoms with Crippen LogP contribution in [0.3, 0.4) is 0 Å². The number of aromatic nitrogens is 1. The van der Waals surface area contributed by atoms with Crippen LogP contribution in [-0.2, 0) is 11.2 Å². The quantitative estimate of drug-likeness (QED) is 0.580. The van der Waals surface area contributed by atoms with Gasteiger partial charge in [-0.1, -0.05) is 18.2 Å². The van der Waals surface area contributed by atoms with Crippen molar-refractivity contribution in [3.63, 3.8) is 0 Å². The van der Waals surface area contributed by atoms with Gasteiger partial charge < -0.3 is 14.6 Å². The number of carboxylic acids is 1. The van der Waals surface area contributed by atoms with Crippen LogP contribution in [0.25, 0.3) is 10.6 Å². The van der Waals surface area contributed by atoms with Crippen molar-refractivity contribution in [1.29, 1.82) is 0 Å². The largest absolute Gasteiger partial charge is 0.490 e. The monoisotopic (exact) mass is 383 g/mol. The van der Waals surface area contributed by atoms with Crippen LogP contribution >= 0.6 is 11.3 Å². The van der Waals surface area contributed by atoms with E-state index in [1.54, 1.807) is 5.38 Å². The van der Waals surface area contributed by atoms with E-state index in [1.165, 1.54) is 22.5 Å². The van der Waals surface area contributed by atoms with Crippen LogP contribution in [0.2, 0.25) is 0 Å². The first-order chi connectivity index (χ1) is 13.0. The van der Waals surface area contributed by atoms with E-state index in [2.05, 4.69) is 18.8 Å². The second kappa shape index (κ2) is 8.68. The molecule has 0 saturated carbocycles. The Hall–Kier alpha value is -2.86. The third-order valence-corrected chi connectivity index (χ3v) is 5.00. The van der Waals surface area contributed by atoms with Crippen LogP contribution in [0.5, 0.6) is 11.5 Å². The maximum atomic E-state index is 10.8. The van der Waals surface area contributed by atoms with Crippen LogP contribution in [0, 0.1) is 13.8 Å². The molecule has 27 heavy (non-hydrogen) atoms. The molecule has 0 amide bonds. The third kappa shape index (κ3) is 5.31. The Balaban J connectivity index is 1.55. The first-order valence-corrected chi connectivity index (χ1v) is 9.49. The molecule has 140 valence electrons. The standard InChI is InChI=1S/C21H21NO4S/c1-14-6-7-19(10-15(14)2)26-9-8-25-18-5-3-4-16(11-18)21-22-17(13-27-21)12-20(23)24/h3-7,10-11,13H,8-9,12H2,1-2H3,(H,23,24). The van der Waals surface area contributed by atoms with E-state index in [0.29, 0.717) is 18.9 Å². The maximum Gasteiger partial charge on any atom is 0.309 e. The van der Waals surface area contributed by atoms with Gasteiger partial charge in [-0.2, -0.15) is 0 Å². The first kappa shape index (κ1) is 18.9. The zero-order chi connectivity index (χ0) is 19.2. The summed E-state index contributed by atoms with van der Waals surface area (Å²) < 4.78 is 11.5. The third-order valence-electron chi connectivity index (χ3n) is 4.06. The summed E-state index contributed by atoms with van der Waals surface area (Å²) in [4.78, 5) is 15.2. The van der Waals surface area contributed by atoms with Crippen molar-refractivity contribution in [2.24, 2.45) is 0 Å². The number of carboxylic acid groups (broad SMARTS) is 1. The zero-order valence-corrected chi connectivity index (χ0v) is 16.1. The van der Waals surface area contributed by atoms with Crippen molar-refractivity contribution in [2.45, 2.75) is 20.3 Å². The van der Waals surface area contributed by atoms with Crippen LogP contribution in [0.4, 0.5) is 0 Å². The van der Waals surface area contributed by atoms with Crippen molar-refractivity contribution >= 4 is 17.3 Å². The van der Waals surface area contributed by atoms with E-state index in [1.807, 2.05) is 42.5 Å². The Labute approximate surface area is 162 Å². The van der Waals surface area contributed by atoms with Gasteiger partial charge in [0.15, 0.2) is 0 Å². The molecule has 0 fully saturated rings. The fourth-order valence-corrected chi connectivity index (χ4v) is 3.33. The molecule has 3 aromatic rings. The smallest absolute Gasteiger partial charge is 0.309 e. The summed E-state index contributed by atoms with van der Waals surface area (Å²) in [5, 5.41) is 11.4. The molecule has 1 N–H and O–H groups in total. The van der Waals surface area contributed by atoms with E-state index >= 15 is 0 Å². The molecule has 0 spiro atoms. The van der Waals surface area contributed by atoms with E-state index < -0.39 is 5.97 Å². The van der Waals surface area contributed by atoms with Gasteiger partial charge in [0.05, 0.1) is 12.1 Å². The number of aliphatic carboxylic acids is 1. The lowest BCUT2D eigenvalue weighted by atomic mass is 10.1. The van der Waals surface area contributed by atoms with Gasteiger partial charge in [0, 0.05) is 10.9 Å². The molecule has 5 nitrogen and oxygen atoms in total. The molecule has 0 bridgehead atoms. The number of ether oxygens (including phenoxy) is 2. The van der Waals surface area contributed by atoms with Crippen molar-refractivity contribution in [3.05, 3.63) is 64.7 Å². The van der Waals surface area contributed by atoms with E-state index in [0.717, 1.165) is 22.1 Å². The Morgan fingerprint density at radius 1 is 1.04 bits per heavy atom. The molecule has 1 aromatic heterocycles. The SMILES string of the molecule is Cc1ccc(OCCOc2cccc(-c3nc(CC(=O)O)cs3)c2)cc1C. The summed E-state index contributed by atoms with van der Waals surface area (Å²) in [7, 11) is 0. The van der Waals surface area contributed by atoms with E-state index in [4.69, 9.17) is 14.6 Å². The molecular weight excluding hydrogens is 362 g/mol. The topological polar surface area (TPSA) is 68.7 Å². The summed E-state index contributed by atoms with van der Waals surface area (Å²) in [5.41, 5.74) is 3.91. The minimum absolute atomic E-state index is 0.0669. The van der Waals surface area contributed by atoms with Crippen LogP contribution < -0.4 is 9.47 Å². The molecule has 0 atom stereocenters. The predicted molar refractivity (Wildman–Crippen MR) is 106 cm³/mol. The lowest BCUT2D eigenvalue weighted by Crippen LogP contribution is -2.09. The van der Waals surface area contributed by atoms with Gasteiger partial charge in [-0.05, 0) is 49.2 Å². The molecule has 0 aliphatic rings. The Kier molecular flexibility index (Phi) is 6.08. The number of rotatable bonds is 8. The maximum absolute atomic E-state index is 10.8. The van der Waals surface area contributed by atoms with Gasteiger partial charge in [0.1, 0.15) is 29.7 Å². The van der Waals surface area contributed by atoms with Gasteiger partial charge in [-0.3, -0.25) is 4.79 Å². The number of nitrogens with zero attached hydrogens (tertiary/aromatic N) is 1. The molecular formula is C21H21NO4S. The minimum Gasteiger partial charge on any atom is -0.490 e. The number of carbonyl (C=O) groups is 1. The number of benzene rings is 2. The molecule has 1 heterocycles. The summed E-state index contributed by atoms with van der Waals surface area (Å²) in [5.74, 6) is 0.683. The van der Waals surface area contributed by atoms with Gasteiger partial charge in [-0.25, -0.2) is 4.98 Å². The molecule has 3 rings (SSSR count). The van der Waals surface area contributed by atoms with Gasteiger partial charge in [0.25, 0.3) is 0 Å². The second-order valence-electron chi connectivity index (χ2n) is 6.19. The fraction of sp³-hybridized carbons (Fsp3) is 0.238. The molecule has 0 aliphatic heterocycles. The Morgan fingerprint density at radius 3 is 2.48 bits per heavy atom. The average molecular weight is 383 g/mol. The normalized spacial score (nSPS) is 10.6. The van der Waals surface area contributed by atoms with Gasteiger partial charge in [0.2, 0.25) is 0 Å². The lowest BCUT2D eigenvalue weighted by molar-refractivity contribution is -0.136. The molecule has 0 unspecified atom stereocenters. The van der Waals surface area contributed by atoms with E-state index in [-0.39, 0.29) is 6.42 Å². The number of hydrogen-bond donors (Lipinski definition) is 1. The summed E-state index contributed by atoms with van der Waals surface area (Å²) in [6.07, 6.45) is -0.0669. The molecule has 0 radical (unpaired) electrons. The number of hydrogen-bond acceptors (Lipinski definition) is 5. The second-order valence-corrected chi connectivity index (χ2v) is 7.04. The van der Waals surface area contributed by atoms with Crippen LogP contribution in [0.1, 0.15) is 16.8 Å². The van der Waals surface area contributed by atoms with Crippen molar-refractivity contribution in [2.75, 3.05) is 13.2 Å². The van der Waals surface area contributed by atoms with Gasteiger partial charge in [-0.15, -0.1) is 11.3 Å². The van der Waals surface area contributed by atoms with Crippen LogP contribution in [-0.4, -0.2) is 29.3 Å². The minimum atomic E-state index is -0.882. The number of thiazole rings is 1. The highest BCUT2D eigenvalue weighted by molar-refractivity contribution is 7.13. The average Bonchev–Trinajstić information content (AvgIpc) is 3.10. The highest BCUT2D eigenvalue weighted by atomic mass is 32.1. The molecule has 0 aliphatic carbocycles. The molecule has 6 heteroatoms. The fourth-order valence-electron chi connectivity index (χ4n) is 2.52. The molecule has 0 saturated heterocycles. The number of aryl methyl sites for hydroxylation is 2. The Bertz CT molecular complexity index is 935. The highest BCUT2D eigenvalue weighted by Gasteiger charge is 2.08. The first-order valence-electron chi connectivity index (χ1n) is 8.61. The Morgan fingerprint density at radius 2 is 1.78 bits per heavy atom. The van der Waals surface area contributed by atoms with E-state index in [9.17, 15) is 4.79 Å². The summed E-state index contributed by atoms with van der Waals surface area (Å²) in [6.45, 7) is 5.01. The van der Waals surface area contributed by atoms with Crippen molar-refractivity contribution in [3.8, 4) is 22.1 Å². The zero-order valence-electron chi connectivity index (χ0n) is 15.3. The molecule has 2 aromatic carbocycles.